The molecule has 1 heterocycles. The zero-order valence-corrected chi connectivity index (χ0v) is 18.4. The molecular weight excluding hydrogens is 384 g/mol. The van der Waals surface area contributed by atoms with Crippen LogP contribution in [0.2, 0.25) is 0 Å². The Morgan fingerprint density at radius 2 is 1.97 bits per heavy atom. The Labute approximate surface area is 176 Å². The summed E-state index contributed by atoms with van der Waals surface area (Å²) in [5, 5.41) is 0. The maximum absolute atomic E-state index is 12.8. The van der Waals surface area contributed by atoms with Crippen molar-refractivity contribution in [1.29, 1.82) is 0 Å². The van der Waals surface area contributed by atoms with Gasteiger partial charge >= 0.3 is 5.69 Å². The van der Waals surface area contributed by atoms with E-state index in [-0.39, 0.29) is 24.7 Å². The molecule has 8 nitrogen and oxygen atoms in total. The van der Waals surface area contributed by atoms with E-state index in [0.717, 1.165) is 18.4 Å². The molecule has 2 rings (SSSR count). The van der Waals surface area contributed by atoms with Crippen LogP contribution in [0.1, 0.15) is 57.6 Å². The van der Waals surface area contributed by atoms with Crippen LogP contribution in [0.25, 0.3) is 0 Å². The zero-order valence-electron chi connectivity index (χ0n) is 18.4. The Kier molecular flexibility index (Phi) is 7.86. The van der Waals surface area contributed by atoms with Gasteiger partial charge in [0.05, 0.1) is 0 Å². The van der Waals surface area contributed by atoms with E-state index in [4.69, 9.17) is 10.5 Å². The van der Waals surface area contributed by atoms with Crippen LogP contribution in [0.4, 0.5) is 11.5 Å². The molecule has 0 spiro atoms. The maximum atomic E-state index is 12.8. The van der Waals surface area contributed by atoms with Crippen molar-refractivity contribution in [2.24, 2.45) is 0 Å². The highest BCUT2D eigenvalue weighted by molar-refractivity contribution is 5.96. The normalized spacial score (nSPS) is 11.0. The SMILES string of the molecule is CCCCn1c(N)c(N(CC)C(=O)COc2ccc(C(C)C)c(C)c2)c(=O)[nH]c1=O. The van der Waals surface area contributed by atoms with Crippen molar-refractivity contribution in [2.75, 3.05) is 23.8 Å². The molecule has 3 N–H and O–H groups in total. The predicted molar refractivity (Wildman–Crippen MR) is 119 cm³/mol. The predicted octanol–water partition coefficient (Wildman–Crippen LogP) is 2.78. The second kappa shape index (κ2) is 10.1. The number of anilines is 2. The summed E-state index contributed by atoms with van der Waals surface area (Å²) >= 11 is 0. The summed E-state index contributed by atoms with van der Waals surface area (Å²) in [7, 11) is 0. The second-order valence-corrected chi connectivity index (χ2v) is 7.60. The van der Waals surface area contributed by atoms with Gasteiger partial charge in [-0.25, -0.2) is 4.79 Å². The molecule has 1 aromatic carbocycles. The van der Waals surface area contributed by atoms with Gasteiger partial charge in [0.15, 0.2) is 12.3 Å². The van der Waals surface area contributed by atoms with Crippen LogP contribution in [0.5, 0.6) is 5.75 Å². The molecule has 1 aromatic heterocycles. The Morgan fingerprint density at radius 3 is 2.53 bits per heavy atom. The number of carbonyl (C=O) groups is 1. The summed E-state index contributed by atoms with van der Waals surface area (Å²) in [5.41, 5.74) is 7.15. The lowest BCUT2D eigenvalue weighted by Crippen LogP contribution is -2.42. The van der Waals surface area contributed by atoms with Gasteiger partial charge in [0, 0.05) is 13.1 Å². The van der Waals surface area contributed by atoms with E-state index in [0.29, 0.717) is 18.2 Å². The maximum Gasteiger partial charge on any atom is 0.330 e. The van der Waals surface area contributed by atoms with Crippen molar-refractivity contribution in [3.05, 3.63) is 50.2 Å². The quantitative estimate of drug-likeness (QED) is 0.653. The molecule has 0 aliphatic rings. The standard InChI is InChI=1S/C22H32N4O4/c1-6-8-11-26-20(23)19(21(28)24-22(26)29)25(7-2)18(27)13-30-16-9-10-17(14(3)4)15(5)12-16/h9-10,12,14H,6-8,11,13,23H2,1-5H3,(H,24,28,29). The highest BCUT2D eigenvalue weighted by Crippen LogP contribution is 2.24. The number of hydrogen-bond acceptors (Lipinski definition) is 5. The fourth-order valence-corrected chi connectivity index (χ4v) is 3.44. The van der Waals surface area contributed by atoms with E-state index >= 15 is 0 Å². The molecule has 0 saturated carbocycles. The summed E-state index contributed by atoms with van der Waals surface area (Å²) in [6.07, 6.45) is 1.59. The molecule has 0 aliphatic heterocycles. The fourth-order valence-electron chi connectivity index (χ4n) is 3.44. The monoisotopic (exact) mass is 416 g/mol. The summed E-state index contributed by atoms with van der Waals surface area (Å²) in [5.74, 6) is 0.552. The van der Waals surface area contributed by atoms with Crippen molar-refractivity contribution in [2.45, 2.75) is 59.9 Å². The number of benzene rings is 1. The zero-order chi connectivity index (χ0) is 22.4. The van der Waals surface area contributed by atoms with Gasteiger partial charge in [-0.15, -0.1) is 0 Å². The molecule has 8 heteroatoms. The molecule has 2 aromatic rings. The third kappa shape index (κ3) is 5.11. The lowest BCUT2D eigenvalue weighted by molar-refractivity contribution is -0.120. The molecule has 0 atom stereocenters. The molecule has 0 aliphatic carbocycles. The lowest BCUT2D eigenvalue weighted by Gasteiger charge is -2.23. The van der Waals surface area contributed by atoms with Gasteiger partial charge in [0.1, 0.15) is 11.6 Å². The van der Waals surface area contributed by atoms with Gasteiger partial charge in [0.25, 0.3) is 11.5 Å². The number of ether oxygens (including phenoxy) is 1. The number of hydrogen-bond donors (Lipinski definition) is 2. The highest BCUT2D eigenvalue weighted by Gasteiger charge is 2.23. The van der Waals surface area contributed by atoms with E-state index < -0.39 is 17.2 Å². The minimum atomic E-state index is -0.683. The molecular formula is C22H32N4O4. The smallest absolute Gasteiger partial charge is 0.330 e. The molecule has 0 unspecified atom stereocenters. The Balaban J connectivity index is 2.25. The van der Waals surface area contributed by atoms with Crippen molar-refractivity contribution in [3.63, 3.8) is 0 Å². The molecule has 1 amide bonds. The highest BCUT2D eigenvalue weighted by atomic mass is 16.5. The first kappa shape index (κ1) is 23.3. The summed E-state index contributed by atoms with van der Waals surface area (Å²) < 4.78 is 6.97. The fraction of sp³-hybridized carbons (Fsp3) is 0.500. The lowest BCUT2D eigenvalue weighted by atomic mass is 9.98. The largest absolute Gasteiger partial charge is 0.484 e. The molecule has 0 bridgehead atoms. The van der Waals surface area contributed by atoms with Gasteiger partial charge in [-0.3, -0.25) is 19.1 Å². The van der Waals surface area contributed by atoms with E-state index in [2.05, 4.69) is 18.8 Å². The van der Waals surface area contributed by atoms with Crippen molar-refractivity contribution in [3.8, 4) is 5.75 Å². The van der Waals surface area contributed by atoms with Gasteiger partial charge in [-0.1, -0.05) is 33.3 Å². The van der Waals surface area contributed by atoms with Gasteiger partial charge in [-0.05, 0) is 49.4 Å². The van der Waals surface area contributed by atoms with E-state index in [1.807, 2.05) is 32.0 Å². The number of likely N-dealkylation sites (N-methyl/N-ethyl adjacent to an activating group) is 1. The van der Waals surface area contributed by atoms with Crippen LogP contribution < -0.4 is 26.6 Å². The van der Waals surface area contributed by atoms with Gasteiger partial charge < -0.3 is 15.4 Å². The van der Waals surface area contributed by atoms with Crippen LogP contribution in [0, 0.1) is 6.92 Å². The third-order valence-electron chi connectivity index (χ3n) is 5.06. The molecule has 0 saturated heterocycles. The average Bonchev–Trinajstić information content (AvgIpc) is 2.68. The number of nitrogens with zero attached hydrogens (tertiary/aromatic N) is 2. The first-order valence-electron chi connectivity index (χ1n) is 10.4. The molecule has 0 radical (unpaired) electrons. The Bertz CT molecular complexity index is 1010. The minimum absolute atomic E-state index is 0.00969. The summed E-state index contributed by atoms with van der Waals surface area (Å²) in [6, 6.07) is 5.71. The number of aryl methyl sites for hydroxylation is 1. The van der Waals surface area contributed by atoms with E-state index in [1.165, 1.54) is 15.0 Å². The Hall–Kier alpha value is -3.03. The number of nitrogens with two attached hydrogens (primary N) is 1. The topological polar surface area (TPSA) is 110 Å². The first-order chi connectivity index (χ1) is 14.2. The van der Waals surface area contributed by atoms with E-state index in [1.54, 1.807) is 6.92 Å². The number of H-pyrrole nitrogens is 1. The third-order valence-corrected chi connectivity index (χ3v) is 5.06. The van der Waals surface area contributed by atoms with Crippen LogP contribution in [-0.4, -0.2) is 28.6 Å². The first-order valence-corrected chi connectivity index (χ1v) is 10.4. The Morgan fingerprint density at radius 1 is 1.27 bits per heavy atom. The van der Waals surface area contributed by atoms with Gasteiger partial charge in [0.2, 0.25) is 0 Å². The number of aromatic amines is 1. The number of nitrogens with one attached hydrogen (secondary N) is 1. The van der Waals surface area contributed by atoms with Crippen molar-refractivity contribution < 1.29 is 9.53 Å². The van der Waals surface area contributed by atoms with Crippen LogP contribution in [0.15, 0.2) is 27.8 Å². The second-order valence-electron chi connectivity index (χ2n) is 7.60. The van der Waals surface area contributed by atoms with Crippen LogP contribution in [0.3, 0.4) is 0 Å². The van der Waals surface area contributed by atoms with Crippen molar-refractivity contribution >= 4 is 17.4 Å². The molecule has 0 fully saturated rings. The number of unbranched alkanes of at least 4 members (excludes halogenated alkanes) is 1. The molecule has 164 valence electrons. The van der Waals surface area contributed by atoms with E-state index in [9.17, 15) is 14.4 Å². The van der Waals surface area contributed by atoms with Crippen molar-refractivity contribution in [1.82, 2.24) is 9.55 Å². The number of rotatable bonds is 9. The molecule has 30 heavy (non-hydrogen) atoms. The number of amides is 1. The number of aromatic nitrogens is 2. The van der Waals surface area contributed by atoms with Gasteiger partial charge in [-0.2, -0.15) is 0 Å². The van der Waals surface area contributed by atoms with Crippen LogP contribution >= 0.6 is 0 Å². The van der Waals surface area contributed by atoms with Crippen LogP contribution in [-0.2, 0) is 11.3 Å². The number of nitrogen functional groups attached to an aromatic ring is 1. The minimum Gasteiger partial charge on any atom is -0.484 e. The average molecular weight is 417 g/mol. The summed E-state index contributed by atoms with van der Waals surface area (Å²) in [4.78, 5) is 40.9. The summed E-state index contributed by atoms with van der Waals surface area (Å²) in [6.45, 7) is 10.3. The number of carbonyl (C=O) groups excluding carboxylic acids is 1.